The zero-order valence-electron chi connectivity index (χ0n) is 16.8. The Hall–Kier alpha value is -1.60. The molecule has 152 valence electrons. The molecule has 0 saturated carbocycles. The minimum atomic E-state index is -2.77. The molecule has 2 aromatic rings. The smallest absolute Gasteiger partial charge is 0.261 e. The Morgan fingerprint density at radius 1 is 1.04 bits per heavy atom. The third-order valence-electron chi connectivity index (χ3n) is 5.63. The van der Waals surface area contributed by atoms with Gasteiger partial charge in [-0.15, -0.1) is 0 Å². The highest BCUT2D eigenvalue weighted by atomic mass is 28.4. The maximum absolute atomic E-state index is 13.6. The molecule has 0 aromatic heterocycles. The largest absolute Gasteiger partial charge is 0.403 e. The fourth-order valence-electron chi connectivity index (χ4n) is 4.22. The van der Waals surface area contributed by atoms with Gasteiger partial charge in [-0.25, -0.2) is 8.78 Å². The van der Waals surface area contributed by atoms with Crippen molar-refractivity contribution in [2.45, 2.75) is 50.3 Å². The van der Waals surface area contributed by atoms with E-state index < -0.39 is 20.3 Å². The molecule has 6 heteroatoms. The van der Waals surface area contributed by atoms with E-state index in [1.54, 1.807) is 0 Å². The average molecular weight is 405 g/mol. The molecule has 0 aliphatic carbocycles. The third kappa shape index (κ3) is 3.92. The topological polar surface area (TPSA) is 47.3 Å². The summed E-state index contributed by atoms with van der Waals surface area (Å²) in [5.41, 5.74) is 4.46. The lowest BCUT2D eigenvalue weighted by atomic mass is 9.90. The lowest BCUT2D eigenvalue weighted by Gasteiger charge is -2.48. The molecule has 2 aromatic carbocycles. The quantitative estimate of drug-likeness (QED) is 0.754. The van der Waals surface area contributed by atoms with E-state index >= 15 is 0 Å². The van der Waals surface area contributed by atoms with Crippen molar-refractivity contribution >= 4 is 18.7 Å². The van der Waals surface area contributed by atoms with E-state index in [1.807, 2.05) is 36.4 Å². The van der Waals surface area contributed by atoms with Gasteiger partial charge in [-0.3, -0.25) is 0 Å². The zero-order chi connectivity index (χ0) is 20.4. The van der Waals surface area contributed by atoms with E-state index in [0.717, 1.165) is 10.4 Å². The van der Waals surface area contributed by atoms with Crippen LogP contribution in [0, 0.1) is 0 Å². The van der Waals surface area contributed by atoms with Crippen molar-refractivity contribution in [2.24, 2.45) is 5.73 Å². The molecular formula is C22H30F2N2OSi. The molecule has 1 saturated heterocycles. The minimum absolute atomic E-state index is 0.102. The van der Waals surface area contributed by atoms with E-state index in [4.69, 9.17) is 10.2 Å². The van der Waals surface area contributed by atoms with Crippen LogP contribution in [0.1, 0.15) is 27.2 Å². The van der Waals surface area contributed by atoms with Crippen molar-refractivity contribution in [2.75, 3.05) is 13.1 Å². The number of hydrogen-bond donors (Lipinski definition) is 2. The highest BCUT2D eigenvalue weighted by Gasteiger charge is 2.53. The van der Waals surface area contributed by atoms with Gasteiger partial charge in [0.05, 0.1) is 11.6 Å². The summed E-state index contributed by atoms with van der Waals surface area (Å²) >= 11 is 0. The SMILES string of the molecule is CC(C)(C)[Si](OC1CNCC(N)(C(F)F)C1)(c1ccccc1)c1ccccc1. The first-order chi connectivity index (χ1) is 13.2. The highest BCUT2D eigenvalue weighted by molar-refractivity contribution is 6.99. The number of hydrogen-bond acceptors (Lipinski definition) is 3. The Kier molecular flexibility index (Phi) is 6.05. The lowest BCUT2D eigenvalue weighted by molar-refractivity contribution is 0.00422. The Balaban J connectivity index is 2.09. The summed E-state index contributed by atoms with van der Waals surface area (Å²) in [6, 6.07) is 20.4. The molecular weight excluding hydrogens is 374 g/mol. The molecule has 3 nitrogen and oxygen atoms in total. The minimum Gasteiger partial charge on any atom is -0.403 e. The van der Waals surface area contributed by atoms with Crippen molar-refractivity contribution in [1.29, 1.82) is 0 Å². The summed E-state index contributed by atoms with van der Waals surface area (Å²) in [6.07, 6.45) is -2.83. The van der Waals surface area contributed by atoms with Gasteiger partial charge in [0.25, 0.3) is 14.7 Å². The second-order valence-corrected chi connectivity index (χ2v) is 13.0. The zero-order valence-corrected chi connectivity index (χ0v) is 17.8. The van der Waals surface area contributed by atoms with Crippen molar-refractivity contribution in [1.82, 2.24) is 5.32 Å². The maximum atomic E-state index is 13.6. The maximum Gasteiger partial charge on any atom is 0.261 e. The van der Waals surface area contributed by atoms with Crippen molar-refractivity contribution < 1.29 is 13.2 Å². The Bertz CT molecular complexity index is 728. The number of nitrogens with one attached hydrogen (secondary N) is 1. The van der Waals surface area contributed by atoms with Crippen LogP contribution in [0.3, 0.4) is 0 Å². The fourth-order valence-corrected chi connectivity index (χ4v) is 8.91. The summed E-state index contributed by atoms with van der Waals surface area (Å²) in [5.74, 6) is 0. The first kappa shape index (κ1) is 21.1. The monoisotopic (exact) mass is 404 g/mol. The molecule has 1 fully saturated rings. The molecule has 2 atom stereocenters. The Morgan fingerprint density at radius 2 is 1.54 bits per heavy atom. The third-order valence-corrected chi connectivity index (χ3v) is 10.7. The highest BCUT2D eigenvalue weighted by Crippen LogP contribution is 2.38. The van der Waals surface area contributed by atoms with Gasteiger partial charge >= 0.3 is 0 Å². The first-order valence-corrected chi connectivity index (χ1v) is 11.7. The normalized spacial score (nSPS) is 23.8. The molecule has 0 radical (unpaired) electrons. The van der Waals surface area contributed by atoms with Gasteiger partial charge in [0.15, 0.2) is 0 Å². The van der Waals surface area contributed by atoms with Crippen LogP contribution in [-0.2, 0) is 4.43 Å². The van der Waals surface area contributed by atoms with Crippen molar-refractivity contribution in [3.8, 4) is 0 Å². The molecule has 1 heterocycles. The predicted octanol–water partition coefficient (Wildman–Crippen LogP) is 2.89. The standard InChI is InChI=1S/C22H30F2N2OSi/c1-21(2,3)28(18-10-6-4-7-11-18,19-12-8-5-9-13-19)27-17-14-22(25,20(23)24)16-26-15-17/h4-13,17,20,26H,14-16,25H2,1-3H3. The number of halogens is 2. The van der Waals surface area contributed by atoms with Gasteiger partial charge in [-0.2, -0.15) is 0 Å². The van der Waals surface area contributed by atoms with E-state index in [9.17, 15) is 8.78 Å². The summed E-state index contributed by atoms with van der Waals surface area (Å²) < 4.78 is 34.1. The van der Waals surface area contributed by atoms with Crippen LogP contribution in [0.25, 0.3) is 0 Å². The molecule has 0 bridgehead atoms. The number of piperidine rings is 1. The van der Waals surface area contributed by atoms with Crippen LogP contribution < -0.4 is 21.4 Å². The van der Waals surface area contributed by atoms with Gasteiger partial charge in [0.1, 0.15) is 0 Å². The van der Waals surface area contributed by atoms with Gasteiger partial charge in [-0.05, 0) is 21.8 Å². The Morgan fingerprint density at radius 3 is 1.96 bits per heavy atom. The molecule has 1 aliphatic rings. The number of alkyl halides is 2. The van der Waals surface area contributed by atoms with Crippen LogP contribution in [-0.4, -0.2) is 39.5 Å². The van der Waals surface area contributed by atoms with Gasteiger partial charge in [0, 0.05) is 13.1 Å². The van der Waals surface area contributed by atoms with E-state index in [1.165, 1.54) is 0 Å². The summed E-state index contributed by atoms with van der Waals surface area (Å²) in [7, 11) is -2.77. The van der Waals surface area contributed by atoms with E-state index in [2.05, 4.69) is 50.4 Å². The van der Waals surface area contributed by atoms with E-state index in [-0.39, 0.29) is 24.1 Å². The van der Waals surface area contributed by atoms with Crippen LogP contribution in [0.4, 0.5) is 8.78 Å². The van der Waals surface area contributed by atoms with Crippen molar-refractivity contribution in [3.05, 3.63) is 60.7 Å². The molecule has 3 rings (SSSR count). The molecule has 3 N–H and O–H groups in total. The van der Waals surface area contributed by atoms with Crippen LogP contribution in [0.5, 0.6) is 0 Å². The second-order valence-electron chi connectivity index (χ2n) is 8.77. The molecule has 28 heavy (non-hydrogen) atoms. The number of nitrogens with two attached hydrogens (primary N) is 1. The number of rotatable bonds is 5. The van der Waals surface area contributed by atoms with Crippen LogP contribution >= 0.6 is 0 Å². The summed E-state index contributed by atoms with van der Waals surface area (Å²) in [4.78, 5) is 0. The van der Waals surface area contributed by atoms with Crippen LogP contribution in [0.2, 0.25) is 5.04 Å². The lowest BCUT2D eigenvalue weighted by Crippen LogP contribution is -2.70. The van der Waals surface area contributed by atoms with Crippen LogP contribution in [0.15, 0.2) is 60.7 Å². The Labute approximate surface area is 167 Å². The molecule has 2 unspecified atom stereocenters. The molecule has 1 aliphatic heterocycles. The van der Waals surface area contributed by atoms with Gasteiger partial charge in [-0.1, -0.05) is 81.4 Å². The van der Waals surface area contributed by atoms with Crippen molar-refractivity contribution in [3.63, 3.8) is 0 Å². The summed E-state index contributed by atoms with van der Waals surface area (Å²) in [5, 5.41) is 5.15. The predicted molar refractivity (Wildman–Crippen MR) is 113 cm³/mol. The second kappa shape index (κ2) is 8.03. The summed E-state index contributed by atoms with van der Waals surface area (Å²) in [6.45, 7) is 7.16. The molecule has 0 amide bonds. The first-order valence-electron chi connectivity index (χ1n) is 9.76. The average Bonchev–Trinajstić information content (AvgIpc) is 2.66. The fraction of sp³-hybridized carbons (Fsp3) is 0.455. The molecule has 0 spiro atoms. The van der Waals surface area contributed by atoms with Gasteiger partial charge in [0.2, 0.25) is 0 Å². The van der Waals surface area contributed by atoms with E-state index in [0.29, 0.717) is 6.54 Å². The number of benzene rings is 2. The van der Waals surface area contributed by atoms with Gasteiger partial charge < -0.3 is 15.5 Å².